The van der Waals surface area contributed by atoms with Crippen LogP contribution in [-0.4, -0.2) is 76.4 Å². The number of fused-ring (bicyclic) bond motifs is 3. The molecule has 2 aromatic carbocycles. The third-order valence-corrected chi connectivity index (χ3v) is 8.87. The summed E-state index contributed by atoms with van der Waals surface area (Å²) in [4.78, 5) is 42.6. The van der Waals surface area contributed by atoms with E-state index in [-0.39, 0.29) is 70.2 Å². The SMILES string of the molecule is CC(C)(C)OC(=O)N1CCCC(C(=O)O)(N(CC2CCC(F)(F)CC2)C(=O)OCC2c3ccccc3-c3ccccc32)C1. The van der Waals surface area contributed by atoms with Crippen LogP contribution in [0.15, 0.2) is 48.5 Å². The fourth-order valence-corrected chi connectivity index (χ4v) is 6.67. The molecular weight excluding hydrogens is 558 g/mol. The second-order valence-corrected chi connectivity index (χ2v) is 13.1. The van der Waals surface area contributed by atoms with Gasteiger partial charge in [-0.1, -0.05) is 48.5 Å². The molecule has 2 aliphatic carbocycles. The van der Waals surface area contributed by atoms with E-state index in [1.54, 1.807) is 20.8 Å². The van der Waals surface area contributed by atoms with Gasteiger partial charge in [-0.05, 0) is 74.6 Å². The van der Waals surface area contributed by atoms with Crippen molar-refractivity contribution in [1.82, 2.24) is 9.80 Å². The van der Waals surface area contributed by atoms with Crippen molar-refractivity contribution in [1.29, 1.82) is 0 Å². The standard InChI is InChI=1S/C33H40F2N2O6/c1-31(2,3)43-29(40)36-18-8-15-32(21-36,28(38)39)37(19-22-13-16-33(34,35)17-14-22)30(41)42-20-27-25-11-6-4-9-23(25)24-10-5-7-12-26(24)27/h4-7,9-12,22,27H,8,13-21H2,1-3H3,(H,38,39). The Hall–Kier alpha value is -3.69. The van der Waals surface area contributed by atoms with Crippen LogP contribution in [0.2, 0.25) is 0 Å². The highest BCUT2D eigenvalue weighted by Crippen LogP contribution is 2.45. The Bertz CT molecular complexity index is 1320. The Balaban J connectivity index is 1.42. The molecule has 0 spiro atoms. The molecule has 1 N–H and O–H groups in total. The molecule has 1 aliphatic heterocycles. The summed E-state index contributed by atoms with van der Waals surface area (Å²) in [6, 6.07) is 15.8. The Morgan fingerprint density at radius 3 is 2.12 bits per heavy atom. The van der Waals surface area contributed by atoms with Crippen LogP contribution >= 0.6 is 0 Å². The average molecular weight is 599 g/mol. The van der Waals surface area contributed by atoms with Gasteiger partial charge in [0.25, 0.3) is 0 Å². The topological polar surface area (TPSA) is 96.4 Å². The van der Waals surface area contributed by atoms with E-state index in [2.05, 4.69) is 0 Å². The number of hydrogen-bond acceptors (Lipinski definition) is 5. The van der Waals surface area contributed by atoms with Crippen LogP contribution in [0.5, 0.6) is 0 Å². The van der Waals surface area contributed by atoms with Gasteiger partial charge >= 0.3 is 18.2 Å². The van der Waals surface area contributed by atoms with Crippen LogP contribution in [0.1, 0.15) is 76.3 Å². The molecule has 1 saturated heterocycles. The molecular formula is C33H40F2N2O6. The number of carboxylic acids is 1. The molecule has 232 valence electrons. The number of halogens is 2. The molecule has 1 atom stereocenters. The van der Waals surface area contributed by atoms with Gasteiger partial charge in [0.05, 0.1) is 6.54 Å². The fraction of sp³-hybridized carbons (Fsp3) is 0.545. The summed E-state index contributed by atoms with van der Waals surface area (Å²) in [5.41, 5.74) is 1.55. The number of carbonyl (C=O) groups excluding carboxylic acids is 2. The number of hydrogen-bond donors (Lipinski definition) is 1. The summed E-state index contributed by atoms with van der Waals surface area (Å²) >= 11 is 0. The van der Waals surface area contributed by atoms with Gasteiger partial charge in [-0.15, -0.1) is 0 Å². The van der Waals surface area contributed by atoms with Crippen LogP contribution in [-0.2, 0) is 14.3 Å². The van der Waals surface area contributed by atoms with E-state index in [0.29, 0.717) is 6.42 Å². The minimum absolute atomic E-state index is 0.0163. The highest BCUT2D eigenvalue weighted by molar-refractivity contribution is 5.86. The molecule has 1 heterocycles. The minimum atomic E-state index is -2.77. The summed E-state index contributed by atoms with van der Waals surface area (Å²) in [7, 11) is 0. The molecule has 2 fully saturated rings. The first-order chi connectivity index (χ1) is 20.3. The third kappa shape index (κ3) is 6.48. The van der Waals surface area contributed by atoms with Crippen LogP contribution in [0.4, 0.5) is 18.4 Å². The molecule has 8 nitrogen and oxygen atoms in total. The Kier molecular flexibility index (Phi) is 8.42. The smallest absolute Gasteiger partial charge is 0.410 e. The molecule has 0 aromatic heterocycles. The summed E-state index contributed by atoms with van der Waals surface area (Å²) < 4.78 is 39.4. The first kappa shape index (κ1) is 30.8. The Morgan fingerprint density at radius 2 is 1.56 bits per heavy atom. The van der Waals surface area contributed by atoms with Crippen LogP contribution < -0.4 is 0 Å². The Labute approximate surface area is 250 Å². The zero-order chi connectivity index (χ0) is 31.0. The first-order valence-corrected chi connectivity index (χ1v) is 15.0. The molecule has 43 heavy (non-hydrogen) atoms. The third-order valence-electron chi connectivity index (χ3n) is 8.87. The van der Waals surface area contributed by atoms with E-state index in [9.17, 15) is 28.3 Å². The number of amides is 2. The predicted octanol–water partition coefficient (Wildman–Crippen LogP) is 6.92. The van der Waals surface area contributed by atoms with Crippen molar-refractivity contribution in [3.8, 4) is 11.1 Å². The van der Waals surface area contributed by atoms with Crippen molar-refractivity contribution in [3.63, 3.8) is 0 Å². The number of carbonyl (C=O) groups is 3. The summed E-state index contributed by atoms with van der Waals surface area (Å²) in [6.45, 7) is 5.09. The lowest BCUT2D eigenvalue weighted by atomic mass is 9.83. The van der Waals surface area contributed by atoms with Crippen molar-refractivity contribution in [2.75, 3.05) is 26.2 Å². The van der Waals surface area contributed by atoms with Gasteiger partial charge < -0.3 is 19.5 Å². The van der Waals surface area contributed by atoms with Crippen LogP contribution in [0.25, 0.3) is 11.1 Å². The predicted molar refractivity (Wildman–Crippen MR) is 156 cm³/mol. The zero-order valence-electron chi connectivity index (χ0n) is 25.0. The second-order valence-electron chi connectivity index (χ2n) is 13.1. The number of ether oxygens (including phenoxy) is 2. The molecule has 1 saturated carbocycles. The van der Waals surface area contributed by atoms with E-state index < -0.39 is 35.2 Å². The van der Waals surface area contributed by atoms with Gasteiger partial charge in [0.1, 0.15) is 12.2 Å². The quantitative estimate of drug-likeness (QED) is 0.388. The lowest BCUT2D eigenvalue weighted by Crippen LogP contribution is -2.66. The number of nitrogens with zero attached hydrogens (tertiary/aromatic N) is 2. The fourth-order valence-electron chi connectivity index (χ4n) is 6.67. The maximum absolute atomic E-state index is 14.0. The highest BCUT2D eigenvalue weighted by atomic mass is 19.3. The number of rotatable bonds is 6. The van der Waals surface area contributed by atoms with Crippen molar-refractivity contribution in [2.24, 2.45) is 5.92 Å². The molecule has 5 rings (SSSR count). The van der Waals surface area contributed by atoms with Gasteiger partial charge in [-0.3, -0.25) is 4.90 Å². The molecule has 0 bridgehead atoms. The average Bonchev–Trinajstić information content (AvgIpc) is 3.28. The lowest BCUT2D eigenvalue weighted by molar-refractivity contribution is -0.155. The molecule has 1 unspecified atom stereocenters. The number of alkyl halides is 2. The van der Waals surface area contributed by atoms with Crippen molar-refractivity contribution in [2.45, 2.75) is 82.3 Å². The van der Waals surface area contributed by atoms with Crippen molar-refractivity contribution < 1.29 is 37.7 Å². The number of carboxylic acid groups (broad SMARTS) is 1. The van der Waals surface area contributed by atoms with Gasteiger partial charge in [0, 0.05) is 31.8 Å². The molecule has 3 aliphatic rings. The van der Waals surface area contributed by atoms with Gasteiger partial charge in [-0.2, -0.15) is 0 Å². The van der Waals surface area contributed by atoms with E-state index in [1.807, 2.05) is 48.5 Å². The largest absolute Gasteiger partial charge is 0.479 e. The maximum atomic E-state index is 14.0. The molecule has 10 heteroatoms. The second kappa shape index (κ2) is 11.8. The van der Waals surface area contributed by atoms with Gasteiger partial charge in [-0.25, -0.2) is 23.2 Å². The lowest BCUT2D eigenvalue weighted by Gasteiger charge is -2.47. The van der Waals surface area contributed by atoms with Gasteiger partial charge in [0.15, 0.2) is 5.54 Å². The zero-order valence-corrected chi connectivity index (χ0v) is 25.0. The van der Waals surface area contributed by atoms with E-state index in [1.165, 1.54) is 9.80 Å². The van der Waals surface area contributed by atoms with Crippen molar-refractivity contribution >= 4 is 18.2 Å². The van der Waals surface area contributed by atoms with Crippen LogP contribution in [0.3, 0.4) is 0 Å². The van der Waals surface area contributed by atoms with E-state index in [4.69, 9.17) is 9.47 Å². The molecule has 0 radical (unpaired) electrons. The number of piperidine rings is 1. The summed E-state index contributed by atoms with van der Waals surface area (Å²) in [6.07, 6.45) is -1.40. The van der Waals surface area contributed by atoms with Crippen molar-refractivity contribution in [3.05, 3.63) is 59.7 Å². The number of benzene rings is 2. The summed E-state index contributed by atoms with van der Waals surface area (Å²) in [5, 5.41) is 10.6. The molecule has 2 amide bonds. The summed E-state index contributed by atoms with van der Waals surface area (Å²) in [5.74, 6) is -4.60. The minimum Gasteiger partial charge on any atom is -0.479 e. The van der Waals surface area contributed by atoms with E-state index in [0.717, 1.165) is 22.3 Å². The maximum Gasteiger partial charge on any atom is 0.410 e. The van der Waals surface area contributed by atoms with E-state index >= 15 is 0 Å². The highest BCUT2D eigenvalue weighted by Gasteiger charge is 2.52. The Morgan fingerprint density at radius 1 is 0.977 bits per heavy atom. The van der Waals surface area contributed by atoms with Gasteiger partial charge in [0.2, 0.25) is 5.92 Å². The molecule has 2 aromatic rings. The van der Waals surface area contributed by atoms with Crippen LogP contribution in [0, 0.1) is 5.92 Å². The normalized spacial score (nSPS) is 21.9. The first-order valence-electron chi connectivity index (χ1n) is 15.0. The number of likely N-dealkylation sites (tertiary alicyclic amines) is 1. The monoisotopic (exact) mass is 598 g/mol. The number of aliphatic carboxylic acids is 1.